The highest BCUT2D eigenvalue weighted by Gasteiger charge is 2.21. The summed E-state index contributed by atoms with van der Waals surface area (Å²) in [6, 6.07) is 18.2. The van der Waals surface area contributed by atoms with Gasteiger partial charge < -0.3 is 9.80 Å². The summed E-state index contributed by atoms with van der Waals surface area (Å²) in [5, 5.41) is 9.19. The van der Waals surface area contributed by atoms with Gasteiger partial charge in [-0.25, -0.2) is 9.97 Å². The number of rotatable bonds is 4. The van der Waals surface area contributed by atoms with Gasteiger partial charge in [-0.15, -0.1) is 10.2 Å². The van der Waals surface area contributed by atoms with Crippen molar-refractivity contribution in [3.63, 3.8) is 0 Å². The van der Waals surface area contributed by atoms with Crippen molar-refractivity contribution in [2.75, 3.05) is 36.0 Å². The normalized spacial score (nSPS) is 14.0. The minimum atomic E-state index is 0.779. The van der Waals surface area contributed by atoms with Crippen molar-refractivity contribution in [1.29, 1.82) is 0 Å². The second-order valence-corrected chi connectivity index (χ2v) is 7.09. The van der Waals surface area contributed by atoms with E-state index in [1.807, 2.05) is 36.4 Å². The molecule has 1 aromatic carbocycles. The summed E-state index contributed by atoms with van der Waals surface area (Å²) in [6.45, 7) is 3.38. The van der Waals surface area contributed by atoms with Crippen molar-refractivity contribution in [3.8, 4) is 22.4 Å². The molecule has 5 rings (SSSR count). The van der Waals surface area contributed by atoms with E-state index in [4.69, 9.17) is 0 Å². The third kappa shape index (κ3) is 3.69. The van der Waals surface area contributed by atoms with Crippen LogP contribution in [0.3, 0.4) is 0 Å². The van der Waals surface area contributed by atoms with Gasteiger partial charge in [0.25, 0.3) is 0 Å². The minimum Gasteiger partial charge on any atom is -0.352 e. The first kappa shape index (κ1) is 18.2. The number of piperazine rings is 1. The predicted octanol–water partition coefficient (Wildman–Crippen LogP) is 3.32. The molecule has 0 N–H and O–H groups in total. The molecule has 0 amide bonds. The van der Waals surface area contributed by atoms with Crippen LogP contribution in [0.4, 0.5) is 11.8 Å². The van der Waals surface area contributed by atoms with Crippen LogP contribution < -0.4 is 9.80 Å². The molecule has 0 spiro atoms. The van der Waals surface area contributed by atoms with E-state index in [1.54, 1.807) is 24.8 Å². The van der Waals surface area contributed by atoms with Crippen LogP contribution in [0, 0.1) is 0 Å². The van der Waals surface area contributed by atoms with Gasteiger partial charge in [0.2, 0.25) is 5.95 Å². The first-order chi connectivity index (χ1) is 14.9. The van der Waals surface area contributed by atoms with E-state index in [2.05, 4.69) is 53.1 Å². The topological polar surface area (TPSA) is 70.9 Å². The van der Waals surface area contributed by atoms with Crippen LogP contribution in [0.25, 0.3) is 22.4 Å². The summed E-state index contributed by atoms with van der Waals surface area (Å²) in [6.07, 6.45) is 7.13. The molecule has 4 heterocycles. The van der Waals surface area contributed by atoms with E-state index in [0.29, 0.717) is 0 Å². The van der Waals surface area contributed by atoms with Gasteiger partial charge in [0.05, 0.1) is 0 Å². The van der Waals surface area contributed by atoms with Gasteiger partial charge in [-0.2, -0.15) is 0 Å². The Hall–Kier alpha value is -3.87. The molecule has 1 aliphatic rings. The molecule has 0 bridgehead atoms. The number of nitrogens with zero attached hydrogens (tertiary/aromatic N) is 7. The van der Waals surface area contributed by atoms with Gasteiger partial charge >= 0.3 is 0 Å². The molecular weight excluding hydrogens is 374 g/mol. The Kier molecular flexibility index (Phi) is 4.99. The maximum Gasteiger partial charge on any atom is 0.225 e. The van der Waals surface area contributed by atoms with E-state index in [1.165, 1.54) is 0 Å². The molecule has 1 saturated heterocycles. The molecule has 1 aliphatic heterocycles. The van der Waals surface area contributed by atoms with Crippen LogP contribution in [0.2, 0.25) is 0 Å². The minimum absolute atomic E-state index is 0.779. The van der Waals surface area contributed by atoms with Crippen LogP contribution in [0.1, 0.15) is 0 Å². The maximum absolute atomic E-state index is 4.62. The monoisotopic (exact) mass is 395 g/mol. The molecular formula is C23H21N7. The highest BCUT2D eigenvalue weighted by molar-refractivity contribution is 5.81. The summed E-state index contributed by atoms with van der Waals surface area (Å²) in [5.74, 6) is 1.67. The zero-order valence-electron chi connectivity index (χ0n) is 16.5. The average Bonchev–Trinajstić information content (AvgIpc) is 2.85. The van der Waals surface area contributed by atoms with Crippen LogP contribution in [-0.2, 0) is 0 Å². The highest BCUT2D eigenvalue weighted by atomic mass is 15.3. The lowest BCUT2D eigenvalue weighted by molar-refractivity contribution is 0.631. The number of aromatic nitrogens is 5. The molecule has 7 heteroatoms. The lowest BCUT2D eigenvalue weighted by Crippen LogP contribution is -2.47. The van der Waals surface area contributed by atoms with Gasteiger partial charge in [0.1, 0.15) is 5.69 Å². The summed E-state index contributed by atoms with van der Waals surface area (Å²) < 4.78 is 0. The smallest absolute Gasteiger partial charge is 0.225 e. The quantitative estimate of drug-likeness (QED) is 0.525. The zero-order valence-corrected chi connectivity index (χ0v) is 16.5. The van der Waals surface area contributed by atoms with Crippen LogP contribution in [0.5, 0.6) is 0 Å². The molecule has 1 fully saturated rings. The molecule has 0 unspecified atom stereocenters. The molecule has 7 nitrogen and oxygen atoms in total. The third-order valence-corrected chi connectivity index (χ3v) is 5.26. The Morgan fingerprint density at radius 3 is 2.07 bits per heavy atom. The fourth-order valence-electron chi connectivity index (χ4n) is 3.69. The molecule has 0 radical (unpaired) electrons. The lowest BCUT2D eigenvalue weighted by Gasteiger charge is -2.35. The first-order valence-electron chi connectivity index (χ1n) is 9.99. The van der Waals surface area contributed by atoms with Gasteiger partial charge in [-0.3, -0.25) is 4.98 Å². The molecule has 0 aliphatic carbocycles. The van der Waals surface area contributed by atoms with Crippen molar-refractivity contribution >= 4 is 11.8 Å². The second kappa shape index (κ2) is 8.24. The molecule has 3 aromatic heterocycles. The Balaban J connectivity index is 1.44. The van der Waals surface area contributed by atoms with Gasteiger partial charge in [-0.1, -0.05) is 30.3 Å². The van der Waals surface area contributed by atoms with E-state index in [9.17, 15) is 0 Å². The molecule has 0 atom stereocenters. The number of hydrogen-bond donors (Lipinski definition) is 0. The fraction of sp³-hybridized carbons (Fsp3) is 0.174. The predicted molar refractivity (Wildman–Crippen MR) is 117 cm³/mol. The van der Waals surface area contributed by atoms with E-state index >= 15 is 0 Å². The van der Waals surface area contributed by atoms with Gasteiger partial charge in [0.15, 0.2) is 5.82 Å². The van der Waals surface area contributed by atoms with Gasteiger partial charge in [-0.05, 0) is 29.8 Å². The van der Waals surface area contributed by atoms with Crippen LogP contribution in [0.15, 0.2) is 79.4 Å². The van der Waals surface area contributed by atoms with Crippen LogP contribution >= 0.6 is 0 Å². The summed E-state index contributed by atoms with van der Waals surface area (Å²) >= 11 is 0. The van der Waals surface area contributed by atoms with Crippen molar-refractivity contribution in [2.45, 2.75) is 0 Å². The standard InChI is InChI=1S/C23H21N7/c1-2-5-18(6-3-1)20-17-21(27-28-22(20)19-7-11-24-12-8-19)29-13-15-30(16-14-29)23-25-9-4-10-26-23/h1-12,17H,13-16H2. The fourth-order valence-corrected chi connectivity index (χ4v) is 3.69. The second-order valence-electron chi connectivity index (χ2n) is 7.09. The van der Waals surface area contributed by atoms with E-state index in [-0.39, 0.29) is 0 Å². The summed E-state index contributed by atoms with van der Waals surface area (Å²) in [5.41, 5.74) is 4.06. The Labute approximate surface area is 175 Å². The van der Waals surface area contributed by atoms with Crippen LogP contribution in [-0.4, -0.2) is 51.3 Å². The number of hydrogen-bond acceptors (Lipinski definition) is 7. The Bertz CT molecular complexity index is 1100. The van der Waals surface area contributed by atoms with Crippen molar-refractivity contribution in [2.24, 2.45) is 0 Å². The Morgan fingerprint density at radius 1 is 0.633 bits per heavy atom. The van der Waals surface area contributed by atoms with E-state index < -0.39 is 0 Å². The Morgan fingerprint density at radius 2 is 1.33 bits per heavy atom. The third-order valence-electron chi connectivity index (χ3n) is 5.26. The summed E-state index contributed by atoms with van der Waals surface area (Å²) in [7, 11) is 0. The molecule has 30 heavy (non-hydrogen) atoms. The van der Waals surface area contributed by atoms with Crippen molar-refractivity contribution in [1.82, 2.24) is 25.1 Å². The zero-order chi connectivity index (χ0) is 20.2. The van der Waals surface area contributed by atoms with Gasteiger partial charge in [0, 0.05) is 62.1 Å². The lowest BCUT2D eigenvalue weighted by atomic mass is 10.0. The first-order valence-corrected chi connectivity index (χ1v) is 9.99. The van der Waals surface area contributed by atoms with Crippen molar-refractivity contribution < 1.29 is 0 Å². The van der Waals surface area contributed by atoms with Crippen molar-refractivity contribution in [3.05, 3.63) is 79.4 Å². The summed E-state index contributed by atoms with van der Waals surface area (Å²) in [4.78, 5) is 17.3. The number of benzene rings is 1. The average molecular weight is 395 g/mol. The van der Waals surface area contributed by atoms with E-state index in [0.717, 1.165) is 60.3 Å². The number of pyridine rings is 1. The molecule has 148 valence electrons. The highest BCUT2D eigenvalue weighted by Crippen LogP contribution is 2.32. The SMILES string of the molecule is c1ccc(-c2cc(N3CCN(c4ncccn4)CC3)nnc2-c2ccncc2)cc1. The molecule has 0 saturated carbocycles. The maximum atomic E-state index is 4.62. The number of anilines is 2. The largest absolute Gasteiger partial charge is 0.352 e. The molecule has 4 aromatic rings.